The van der Waals surface area contributed by atoms with Crippen molar-refractivity contribution >= 4 is 29.3 Å². The third-order valence-electron chi connectivity index (χ3n) is 2.20. The first-order valence-electron chi connectivity index (χ1n) is 4.35. The van der Waals surface area contributed by atoms with Crippen molar-refractivity contribution in [3.05, 3.63) is 40.3 Å². The normalized spacial score (nSPS) is 9.81. The van der Waals surface area contributed by atoms with Crippen LogP contribution in [0.3, 0.4) is 0 Å². The maximum atomic E-state index is 11.8. The molecule has 2 aromatic heterocycles. The molecule has 0 fully saturated rings. The van der Waals surface area contributed by atoms with E-state index in [2.05, 4.69) is 4.98 Å². The van der Waals surface area contributed by atoms with Crippen LogP contribution in [-0.4, -0.2) is 15.5 Å². The molecule has 0 radical (unpaired) electrons. The molecule has 0 saturated heterocycles. The summed E-state index contributed by atoms with van der Waals surface area (Å²) in [6.07, 6.45) is 2.99. The van der Waals surface area contributed by atoms with Crippen molar-refractivity contribution in [1.82, 2.24) is 9.55 Å². The molecule has 2 rings (SSSR count). The van der Waals surface area contributed by atoms with E-state index >= 15 is 0 Å². The molecule has 2 aromatic rings. The Kier molecular flexibility index (Phi) is 3.29. The molecular weight excluding hydrogens is 230 g/mol. The molecular formula is C10H10ClN3O2. The van der Waals surface area contributed by atoms with Crippen molar-refractivity contribution in [1.29, 1.82) is 0 Å². The average molecular weight is 240 g/mol. The monoisotopic (exact) mass is 239 g/mol. The summed E-state index contributed by atoms with van der Waals surface area (Å²) in [6.45, 7) is 0. The van der Waals surface area contributed by atoms with Gasteiger partial charge in [-0.25, -0.2) is 4.98 Å². The summed E-state index contributed by atoms with van der Waals surface area (Å²) in [4.78, 5) is 26.8. The quantitative estimate of drug-likeness (QED) is 0.785. The minimum Gasteiger partial charge on any atom is -0.365 e. The number of rotatable bonds is 1. The zero-order valence-corrected chi connectivity index (χ0v) is 9.32. The number of hydrogen-bond donors (Lipinski definition) is 1. The van der Waals surface area contributed by atoms with E-state index in [0.29, 0.717) is 11.0 Å². The van der Waals surface area contributed by atoms with Crippen molar-refractivity contribution in [2.24, 2.45) is 12.8 Å². The molecule has 16 heavy (non-hydrogen) atoms. The van der Waals surface area contributed by atoms with Gasteiger partial charge < -0.3 is 10.3 Å². The topological polar surface area (TPSA) is 78.0 Å². The highest BCUT2D eigenvalue weighted by Gasteiger charge is 2.11. The Hall–Kier alpha value is -1.88. The fraction of sp³-hybridized carbons (Fsp3) is 0.100. The summed E-state index contributed by atoms with van der Waals surface area (Å²) in [6, 6.07) is 3.27. The Labute approximate surface area is 97.3 Å². The maximum Gasteiger partial charge on any atom is 0.254 e. The van der Waals surface area contributed by atoms with Gasteiger partial charge in [-0.3, -0.25) is 9.59 Å². The number of amides is 1. The van der Waals surface area contributed by atoms with Crippen molar-refractivity contribution in [3.63, 3.8) is 0 Å². The molecule has 2 N–H and O–H groups in total. The van der Waals surface area contributed by atoms with Crippen LogP contribution >= 0.6 is 12.4 Å². The fourth-order valence-corrected chi connectivity index (χ4v) is 1.49. The number of pyridine rings is 2. The van der Waals surface area contributed by atoms with E-state index in [1.54, 1.807) is 29.9 Å². The van der Waals surface area contributed by atoms with Crippen molar-refractivity contribution in [3.8, 4) is 0 Å². The number of halogens is 1. The van der Waals surface area contributed by atoms with Crippen molar-refractivity contribution < 1.29 is 4.79 Å². The van der Waals surface area contributed by atoms with Crippen LogP contribution in [0.1, 0.15) is 10.4 Å². The van der Waals surface area contributed by atoms with Gasteiger partial charge >= 0.3 is 0 Å². The van der Waals surface area contributed by atoms with Crippen LogP contribution in [0.25, 0.3) is 11.0 Å². The summed E-state index contributed by atoms with van der Waals surface area (Å²) < 4.78 is 1.61. The molecule has 0 spiro atoms. The van der Waals surface area contributed by atoms with E-state index in [9.17, 15) is 9.59 Å². The third kappa shape index (κ3) is 1.77. The fourth-order valence-electron chi connectivity index (χ4n) is 1.49. The Bertz CT molecular complexity index is 607. The maximum absolute atomic E-state index is 11.8. The highest BCUT2D eigenvalue weighted by molar-refractivity contribution is 5.95. The number of nitrogens with two attached hydrogens (primary N) is 1. The molecule has 5 nitrogen and oxygen atoms in total. The zero-order valence-electron chi connectivity index (χ0n) is 8.51. The van der Waals surface area contributed by atoms with Gasteiger partial charge in [0.25, 0.3) is 5.91 Å². The smallest absolute Gasteiger partial charge is 0.254 e. The average Bonchev–Trinajstić information content (AvgIpc) is 2.23. The van der Waals surface area contributed by atoms with Crippen LogP contribution in [0, 0.1) is 0 Å². The Morgan fingerprint density at radius 2 is 2.19 bits per heavy atom. The van der Waals surface area contributed by atoms with Crippen LogP contribution in [0.2, 0.25) is 0 Å². The van der Waals surface area contributed by atoms with Gasteiger partial charge in [0.1, 0.15) is 11.2 Å². The van der Waals surface area contributed by atoms with Crippen molar-refractivity contribution in [2.75, 3.05) is 0 Å². The van der Waals surface area contributed by atoms with Gasteiger partial charge in [-0.2, -0.15) is 0 Å². The molecule has 2 heterocycles. The highest BCUT2D eigenvalue weighted by Crippen LogP contribution is 2.06. The summed E-state index contributed by atoms with van der Waals surface area (Å²) in [7, 11) is 1.71. The largest absolute Gasteiger partial charge is 0.365 e. The molecule has 6 heteroatoms. The number of carbonyl (C=O) groups is 1. The standard InChI is InChI=1S/C10H9N3O2.ClH/c1-13-5-7(9(11)15)8(14)6-3-2-4-12-10(6)13;/h2-5H,1H3,(H2,11,15);1H. The number of nitrogens with zero attached hydrogens (tertiary/aromatic N) is 2. The lowest BCUT2D eigenvalue weighted by Gasteiger charge is -2.05. The van der Waals surface area contributed by atoms with Gasteiger partial charge in [-0.05, 0) is 12.1 Å². The second-order valence-corrected chi connectivity index (χ2v) is 3.22. The number of fused-ring (bicyclic) bond motifs is 1. The molecule has 84 valence electrons. The van der Waals surface area contributed by atoms with E-state index in [4.69, 9.17) is 5.73 Å². The minimum absolute atomic E-state index is 0. The molecule has 0 aromatic carbocycles. The molecule has 0 unspecified atom stereocenters. The predicted octanol–water partition coefficient (Wildman–Crippen LogP) is 0.454. The number of aryl methyl sites for hydroxylation is 1. The van der Waals surface area contributed by atoms with E-state index < -0.39 is 5.91 Å². The minimum atomic E-state index is -0.721. The molecule has 0 saturated carbocycles. The van der Waals surface area contributed by atoms with Crippen molar-refractivity contribution in [2.45, 2.75) is 0 Å². The van der Waals surface area contributed by atoms with Crippen LogP contribution in [-0.2, 0) is 7.05 Å². The first kappa shape index (κ1) is 12.2. The Morgan fingerprint density at radius 3 is 2.81 bits per heavy atom. The van der Waals surface area contributed by atoms with E-state index in [1.807, 2.05) is 0 Å². The van der Waals surface area contributed by atoms with Gasteiger partial charge in [0.05, 0.1) is 5.39 Å². The summed E-state index contributed by atoms with van der Waals surface area (Å²) >= 11 is 0. The molecule has 0 aliphatic carbocycles. The molecule has 0 bridgehead atoms. The number of carbonyl (C=O) groups excluding carboxylic acids is 1. The third-order valence-corrected chi connectivity index (χ3v) is 2.20. The molecule has 0 aliphatic rings. The van der Waals surface area contributed by atoms with E-state index in [1.165, 1.54) is 6.20 Å². The Morgan fingerprint density at radius 1 is 1.50 bits per heavy atom. The predicted molar refractivity (Wildman–Crippen MR) is 62.7 cm³/mol. The van der Waals surface area contributed by atoms with Gasteiger partial charge in [0.15, 0.2) is 0 Å². The van der Waals surface area contributed by atoms with Gasteiger partial charge in [-0.15, -0.1) is 12.4 Å². The first-order valence-corrected chi connectivity index (χ1v) is 4.35. The first-order chi connectivity index (χ1) is 7.11. The molecule has 0 aliphatic heterocycles. The highest BCUT2D eigenvalue weighted by atomic mass is 35.5. The van der Waals surface area contributed by atoms with Crippen LogP contribution in [0.5, 0.6) is 0 Å². The van der Waals surface area contributed by atoms with Crippen LogP contribution < -0.4 is 11.2 Å². The lowest BCUT2D eigenvalue weighted by Crippen LogP contribution is -2.23. The summed E-state index contributed by atoms with van der Waals surface area (Å²) in [5.74, 6) is -0.721. The van der Waals surface area contributed by atoms with Crippen LogP contribution in [0.4, 0.5) is 0 Å². The van der Waals surface area contributed by atoms with Crippen LogP contribution in [0.15, 0.2) is 29.3 Å². The lowest BCUT2D eigenvalue weighted by molar-refractivity contribution is 0.0999. The van der Waals surface area contributed by atoms with E-state index in [-0.39, 0.29) is 23.4 Å². The molecule has 1 amide bonds. The summed E-state index contributed by atoms with van der Waals surface area (Å²) in [5.41, 5.74) is 5.25. The number of aromatic nitrogens is 2. The molecule has 0 atom stereocenters. The van der Waals surface area contributed by atoms with Gasteiger partial charge in [0, 0.05) is 19.4 Å². The SMILES string of the molecule is Cl.Cn1cc(C(N)=O)c(=O)c2cccnc21. The lowest BCUT2D eigenvalue weighted by atomic mass is 10.2. The van der Waals surface area contributed by atoms with Gasteiger partial charge in [-0.1, -0.05) is 0 Å². The second kappa shape index (κ2) is 4.32. The number of hydrogen-bond acceptors (Lipinski definition) is 3. The van der Waals surface area contributed by atoms with E-state index in [0.717, 1.165) is 0 Å². The van der Waals surface area contributed by atoms with Gasteiger partial charge in [0.2, 0.25) is 5.43 Å². The second-order valence-electron chi connectivity index (χ2n) is 3.22. The number of primary amides is 1. The summed E-state index contributed by atoms with van der Waals surface area (Å²) in [5, 5.41) is 0.399. The zero-order chi connectivity index (χ0) is 11.0. The Balaban J connectivity index is 0.00000128.